The maximum Gasteiger partial charge on any atom is 1.00 e. The van der Waals surface area contributed by atoms with Gasteiger partial charge >= 0.3 is 130 Å². The van der Waals surface area contributed by atoms with Crippen molar-refractivity contribution in [1.82, 2.24) is 0 Å². The van der Waals surface area contributed by atoms with Crippen molar-refractivity contribution in [2.24, 2.45) is 0 Å². The van der Waals surface area contributed by atoms with E-state index in [9.17, 15) is 3.74 Å². The Kier molecular flexibility index (Phi) is 6.80. The zero-order chi connectivity index (χ0) is 12.8. The molecule has 0 aliphatic heterocycles. The molecule has 19 heavy (non-hydrogen) atoms. The minimum absolute atomic E-state index is 0. The van der Waals surface area contributed by atoms with Crippen LogP contribution in [0.2, 0.25) is 0 Å². The van der Waals surface area contributed by atoms with Gasteiger partial charge in [-0.25, -0.2) is 0 Å². The summed E-state index contributed by atoms with van der Waals surface area (Å²) in [5.41, 5.74) is 0. The molecule has 0 atom stereocenters. The first-order valence-electron chi connectivity index (χ1n) is 6.32. The molecule has 2 aromatic carbocycles. The van der Waals surface area contributed by atoms with Crippen LogP contribution < -0.4 is 27.6 Å². The van der Waals surface area contributed by atoms with Crippen molar-refractivity contribution in [2.75, 3.05) is 0 Å². The molecule has 0 saturated carbocycles. The normalized spacial score (nSPS) is 10.8. The average molecular weight is 308 g/mol. The van der Waals surface area contributed by atoms with Crippen molar-refractivity contribution in [2.45, 2.75) is 19.8 Å². The predicted octanol–water partition coefficient (Wildman–Crippen LogP) is -0.276. The van der Waals surface area contributed by atoms with Crippen molar-refractivity contribution in [1.29, 1.82) is 0 Å². The smallest absolute Gasteiger partial charge is 1.00 e. The topological polar surface area (TPSA) is 17.1 Å². The summed E-state index contributed by atoms with van der Waals surface area (Å²) in [5, 5.41) is 2.06. The second-order valence-corrected chi connectivity index (χ2v) is 9.99. The van der Waals surface area contributed by atoms with Gasteiger partial charge in [0.1, 0.15) is 0 Å². The number of benzene rings is 2. The van der Waals surface area contributed by atoms with Gasteiger partial charge in [-0.2, -0.15) is 0 Å². The van der Waals surface area contributed by atoms with Crippen LogP contribution in [0, 0.1) is 5.21 Å². The van der Waals surface area contributed by atoms with Gasteiger partial charge < -0.3 is 0 Å². The Labute approximate surface area is 130 Å². The van der Waals surface area contributed by atoms with Crippen molar-refractivity contribution < 1.29 is 22.6 Å². The van der Waals surface area contributed by atoms with Gasteiger partial charge in [-0.1, -0.05) is 0 Å². The molecule has 2 rings (SSSR count). The largest absolute Gasteiger partial charge is 1.00 e. The minimum Gasteiger partial charge on any atom is 1.00 e. The van der Waals surface area contributed by atoms with E-state index in [-0.39, 0.29) is 18.9 Å². The van der Waals surface area contributed by atoms with Crippen LogP contribution in [0.3, 0.4) is 0 Å². The maximum atomic E-state index is 13.4. The molecule has 0 unspecified atom stereocenters. The molecule has 2 aromatic rings. The standard InChI is InChI=1S/C16H18AsO.Li/c1-2-3-14-17(18,15-10-6-4-7-11-15)16-12-8-5-9-13-16;/h4-14H,2-3H2,1H3;/q-1;+1. The van der Waals surface area contributed by atoms with E-state index >= 15 is 0 Å². The van der Waals surface area contributed by atoms with Crippen LogP contribution in [0.5, 0.6) is 0 Å². The van der Waals surface area contributed by atoms with E-state index in [1.807, 2.05) is 60.7 Å². The van der Waals surface area contributed by atoms with E-state index in [1.54, 1.807) is 0 Å². The first kappa shape index (κ1) is 16.5. The maximum absolute atomic E-state index is 13.4. The van der Waals surface area contributed by atoms with Gasteiger partial charge in [0.05, 0.1) is 0 Å². The molecule has 0 saturated heterocycles. The van der Waals surface area contributed by atoms with E-state index in [4.69, 9.17) is 0 Å². The molecule has 0 N–H and O–H groups in total. The van der Waals surface area contributed by atoms with Crippen LogP contribution >= 0.6 is 0 Å². The molecule has 0 aromatic heterocycles. The Morgan fingerprint density at radius 1 is 0.895 bits per heavy atom. The molecule has 0 aliphatic carbocycles. The fourth-order valence-electron chi connectivity index (χ4n) is 1.97. The summed E-state index contributed by atoms with van der Waals surface area (Å²) >= 11 is -3.29. The quantitative estimate of drug-likeness (QED) is 0.549. The molecule has 0 spiro atoms. The summed E-state index contributed by atoms with van der Waals surface area (Å²) in [6.07, 6.45) is 1.94. The van der Waals surface area contributed by atoms with Crippen LogP contribution in [0.15, 0.2) is 60.7 Å². The van der Waals surface area contributed by atoms with Gasteiger partial charge in [0, 0.05) is 0 Å². The molecule has 0 bridgehead atoms. The van der Waals surface area contributed by atoms with Gasteiger partial charge in [0.25, 0.3) is 0 Å². The third-order valence-corrected chi connectivity index (χ3v) is 9.05. The summed E-state index contributed by atoms with van der Waals surface area (Å²) in [4.78, 5) is 0. The monoisotopic (exact) mass is 308 g/mol. The number of hydrogen-bond donors (Lipinski definition) is 0. The van der Waals surface area contributed by atoms with Crippen molar-refractivity contribution in [3.05, 3.63) is 65.9 Å². The molecular formula is C16H18AsLiO. The SMILES string of the molecule is CCC[CH-][As](=O)(c1ccccc1)c1ccccc1.[Li+]. The predicted molar refractivity (Wildman–Crippen MR) is 77.8 cm³/mol. The van der Waals surface area contributed by atoms with E-state index in [0.29, 0.717) is 0 Å². The zero-order valence-electron chi connectivity index (χ0n) is 11.6. The van der Waals surface area contributed by atoms with Crippen LogP contribution in [-0.2, 0) is 3.74 Å². The van der Waals surface area contributed by atoms with Gasteiger partial charge in [-0.05, 0) is 0 Å². The number of hydrogen-bond acceptors (Lipinski definition) is 1. The summed E-state index contributed by atoms with van der Waals surface area (Å²) in [6, 6.07) is 19.7. The first-order valence-corrected chi connectivity index (χ1v) is 10.1. The third-order valence-electron chi connectivity index (χ3n) is 2.95. The van der Waals surface area contributed by atoms with Gasteiger partial charge in [0.2, 0.25) is 0 Å². The second kappa shape index (κ2) is 7.86. The van der Waals surface area contributed by atoms with Crippen LogP contribution in [0.1, 0.15) is 19.8 Å². The fourth-order valence-corrected chi connectivity index (χ4v) is 7.37. The van der Waals surface area contributed by atoms with Crippen LogP contribution in [0.4, 0.5) is 0 Å². The number of unbranched alkanes of at least 4 members (excludes halogenated alkanes) is 1. The van der Waals surface area contributed by atoms with Gasteiger partial charge in [0.15, 0.2) is 0 Å². The molecule has 0 radical (unpaired) electrons. The van der Waals surface area contributed by atoms with E-state index in [2.05, 4.69) is 12.1 Å². The summed E-state index contributed by atoms with van der Waals surface area (Å²) in [5.74, 6) is 0. The Morgan fingerprint density at radius 3 is 1.68 bits per heavy atom. The minimum atomic E-state index is -3.29. The average Bonchev–Trinajstić information content (AvgIpc) is 2.46. The van der Waals surface area contributed by atoms with E-state index < -0.39 is 13.5 Å². The Morgan fingerprint density at radius 2 is 1.32 bits per heavy atom. The van der Waals surface area contributed by atoms with Crippen LogP contribution in [-0.4, -0.2) is 13.5 Å². The first-order chi connectivity index (χ1) is 8.77. The molecular weight excluding hydrogens is 290 g/mol. The van der Waals surface area contributed by atoms with E-state index in [0.717, 1.165) is 21.5 Å². The van der Waals surface area contributed by atoms with Crippen molar-refractivity contribution in [3.63, 3.8) is 0 Å². The van der Waals surface area contributed by atoms with E-state index in [1.165, 1.54) is 0 Å². The molecule has 94 valence electrons. The summed E-state index contributed by atoms with van der Waals surface area (Å²) in [6.45, 7) is 2.12. The molecule has 0 aliphatic rings. The molecule has 0 fully saturated rings. The Hall–Kier alpha value is -0.604. The summed E-state index contributed by atoms with van der Waals surface area (Å²) in [7, 11) is 0. The van der Waals surface area contributed by atoms with Gasteiger partial charge in [-0.15, -0.1) is 0 Å². The van der Waals surface area contributed by atoms with Gasteiger partial charge in [-0.3, -0.25) is 0 Å². The Bertz CT molecular complexity index is 481. The number of rotatable bonds is 5. The second-order valence-electron chi connectivity index (χ2n) is 4.30. The molecule has 3 heteroatoms. The zero-order valence-corrected chi connectivity index (χ0v) is 13.5. The fraction of sp³-hybridized carbons (Fsp3) is 0.188. The van der Waals surface area contributed by atoms with Crippen LogP contribution in [0.25, 0.3) is 0 Å². The Balaban J connectivity index is 0.00000180. The summed E-state index contributed by atoms with van der Waals surface area (Å²) < 4.78 is 15.3. The van der Waals surface area contributed by atoms with Crippen molar-refractivity contribution in [3.8, 4) is 0 Å². The molecule has 0 heterocycles. The third kappa shape index (κ3) is 3.93. The van der Waals surface area contributed by atoms with Crippen molar-refractivity contribution >= 4 is 22.2 Å². The molecule has 0 amide bonds. The molecule has 1 nitrogen and oxygen atoms in total.